The standard InChI is InChI=1S/C16H15ClF2N2O2S/c17-11-4-6-13(7-5-11)23-9-8-20-16(22)21-12-2-1-3-14(10-12)24-15(18)19/h1-7,10,15H,8-9H2,(H2,20,21,22). The molecule has 0 saturated carbocycles. The molecule has 8 heteroatoms. The van der Waals surface area contributed by atoms with Gasteiger partial charge in [0.2, 0.25) is 0 Å². The van der Waals surface area contributed by atoms with Crippen molar-refractivity contribution < 1.29 is 18.3 Å². The summed E-state index contributed by atoms with van der Waals surface area (Å²) in [6.45, 7) is 0.580. The zero-order valence-electron chi connectivity index (χ0n) is 12.5. The number of alkyl halides is 2. The lowest BCUT2D eigenvalue weighted by Crippen LogP contribution is -2.32. The van der Waals surface area contributed by atoms with Crippen molar-refractivity contribution in [2.24, 2.45) is 0 Å². The molecule has 2 aromatic carbocycles. The van der Waals surface area contributed by atoms with E-state index < -0.39 is 11.8 Å². The molecule has 24 heavy (non-hydrogen) atoms. The lowest BCUT2D eigenvalue weighted by atomic mass is 10.3. The number of nitrogens with one attached hydrogen (secondary N) is 2. The Hall–Kier alpha value is -1.99. The number of benzene rings is 2. The normalized spacial score (nSPS) is 10.5. The third-order valence-corrected chi connectivity index (χ3v) is 3.74. The molecule has 128 valence electrons. The summed E-state index contributed by atoms with van der Waals surface area (Å²) >= 11 is 6.19. The average Bonchev–Trinajstić information content (AvgIpc) is 2.53. The van der Waals surface area contributed by atoms with Crippen LogP contribution in [0.5, 0.6) is 5.75 Å². The highest BCUT2D eigenvalue weighted by Crippen LogP contribution is 2.27. The Kier molecular flexibility index (Phi) is 7.14. The highest BCUT2D eigenvalue weighted by Gasteiger charge is 2.07. The van der Waals surface area contributed by atoms with Gasteiger partial charge in [-0.05, 0) is 42.5 Å². The van der Waals surface area contributed by atoms with Crippen LogP contribution in [-0.4, -0.2) is 24.9 Å². The summed E-state index contributed by atoms with van der Waals surface area (Å²) in [6.07, 6.45) is 0. The maximum atomic E-state index is 12.3. The summed E-state index contributed by atoms with van der Waals surface area (Å²) in [5.74, 6) is -1.85. The number of ether oxygens (including phenoxy) is 1. The fraction of sp³-hybridized carbons (Fsp3) is 0.188. The van der Waals surface area contributed by atoms with Crippen LogP contribution >= 0.6 is 23.4 Å². The predicted molar refractivity (Wildman–Crippen MR) is 92.3 cm³/mol. The van der Waals surface area contributed by atoms with Crippen LogP contribution in [0.25, 0.3) is 0 Å². The molecule has 0 aliphatic heterocycles. The molecule has 0 fully saturated rings. The summed E-state index contributed by atoms with van der Waals surface area (Å²) in [5.41, 5.74) is 0.441. The number of halogens is 3. The summed E-state index contributed by atoms with van der Waals surface area (Å²) in [5, 5.41) is 5.82. The van der Waals surface area contributed by atoms with E-state index in [-0.39, 0.29) is 6.61 Å². The Bertz CT molecular complexity index is 671. The zero-order valence-corrected chi connectivity index (χ0v) is 14.0. The number of thioether (sulfide) groups is 1. The van der Waals surface area contributed by atoms with Gasteiger partial charge in [0.05, 0.1) is 6.54 Å². The van der Waals surface area contributed by atoms with E-state index in [9.17, 15) is 13.6 Å². The van der Waals surface area contributed by atoms with Crippen LogP contribution in [-0.2, 0) is 0 Å². The van der Waals surface area contributed by atoms with E-state index in [1.54, 1.807) is 42.5 Å². The number of carbonyl (C=O) groups excluding carboxylic acids is 1. The molecule has 2 aromatic rings. The number of hydrogen-bond acceptors (Lipinski definition) is 3. The van der Waals surface area contributed by atoms with Gasteiger partial charge in [-0.25, -0.2) is 4.79 Å². The van der Waals surface area contributed by atoms with Gasteiger partial charge in [-0.2, -0.15) is 8.78 Å². The second-order valence-corrected chi connectivity index (χ2v) is 6.09. The first-order valence-corrected chi connectivity index (χ1v) is 8.27. The molecule has 0 unspecified atom stereocenters. The molecule has 0 aliphatic rings. The van der Waals surface area contributed by atoms with Crippen molar-refractivity contribution in [1.82, 2.24) is 5.32 Å². The van der Waals surface area contributed by atoms with Crippen LogP contribution in [0.1, 0.15) is 0 Å². The molecule has 0 radical (unpaired) electrons. The SMILES string of the molecule is O=C(NCCOc1ccc(Cl)cc1)Nc1cccc(SC(F)F)c1. The Morgan fingerprint density at radius 2 is 1.96 bits per heavy atom. The lowest BCUT2D eigenvalue weighted by Gasteiger charge is -2.10. The monoisotopic (exact) mass is 372 g/mol. The summed E-state index contributed by atoms with van der Waals surface area (Å²) in [4.78, 5) is 12.1. The van der Waals surface area contributed by atoms with E-state index in [0.29, 0.717) is 39.7 Å². The fourth-order valence-electron chi connectivity index (χ4n) is 1.79. The average molecular weight is 373 g/mol. The molecule has 0 aromatic heterocycles. The van der Waals surface area contributed by atoms with Gasteiger partial charge in [0.15, 0.2) is 0 Å². The third kappa shape index (κ3) is 6.64. The van der Waals surface area contributed by atoms with E-state index in [2.05, 4.69) is 10.6 Å². The number of hydrogen-bond donors (Lipinski definition) is 2. The minimum Gasteiger partial charge on any atom is -0.492 e. The first kappa shape index (κ1) is 18.4. The summed E-state index contributed by atoms with van der Waals surface area (Å²) in [6, 6.07) is 12.7. The molecule has 2 N–H and O–H groups in total. The Morgan fingerprint density at radius 3 is 2.67 bits per heavy atom. The van der Waals surface area contributed by atoms with E-state index in [1.807, 2.05) is 0 Å². The molecule has 0 heterocycles. The van der Waals surface area contributed by atoms with Crippen LogP contribution in [0, 0.1) is 0 Å². The van der Waals surface area contributed by atoms with Gasteiger partial charge < -0.3 is 15.4 Å². The molecule has 0 saturated heterocycles. The number of urea groups is 1. The topological polar surface area (TPSA) is 50.4 Å². The van der Waals surface area contributed by atoms with E-state index in [0.717, 1.165) is 0 Å². The summed E-state index contributed by atoms with van der Waals surface area (Å²) < 4.78 is 30.1. The Labute approximate surface area is 147 Å². The fourth-order valence-corrected chi connectivity index (χ4v) is 2.47. The van der Waals surface area contributed by atoms with Crippen molar-refractivity contribution in [2.75, 3.05) is 18.5 Å². The van der Waals surface area contributed by atoms with Gasteiger partial charge in [-0.1, -0.05) is 29.4 Å². The number of carbonyl (C=O) groups is 1. The maximum Gasteiger partial charge on any atom is 0.319 e. The third-order valence-electron chi connectivity index (χ3n) is 2.79. The highest BCUT2D eigenvalue weighted by molar-refractivity contribution is 7.99. The van der Waals surface area contributed by atoms with Crippen molar-refractivity contribution in [3.05, 3.63) is 53.6 Å². The largest absolute Gasteiger partial charge is 0.492 e. The molecular weight excluding hydrogens is 358 g/mol. The Morgan fingerprint density at radius 1 is 1.21 bits per heavy atom. The quantitative estimate of drug-likeness (QED) is 0.539. The zero-order chi connectivity index (χ0) is 17.4. The van der Waals surface area contributed by atoms with Crippen molar-refractivity contribution in [2.45, 2.75) is 10.7 Å². The van der Waals surface area contributed by atoms with Crippen LogP contribution < -0.4 is 15.4 Å². The molecule has 2 amide bonds. The molecule has 0 bridgehead atoms. The highest BCUT2D eigenvalue weighted by atomic mass is 35.5. The van der Waals surface area contributed by atoms with Crippen molar-refractivity contribution in [3.8, 4) is 5.75 Å². The van der Waals surface area contributed by atoms with Crippen LogP contribution in [0.15, 0.2) is 53.4 Å². The van der Waals surface area contributed by atoms with Gasteiger partial charge in [0.25, 0.3) is 5.76 Å². The number of anilines is 1. The predicted octanol–water partition coefficient (Wildman–Crippen LogP) is 4.86. The summed E-state index contributed by atoms with van der Waals surface area (Å²) in [7, 11) is 0. The Balaban J connectivity index is 1.72. The molecule has 2 rings (SSSR count). The van der Waals surface area contributed by atoms with E-state index in [4.69, 9.17) is 16.3 Å². The molecular formula is C16H15ClF2N2O2S. The van der Waals surface area contributed by atoms with E-state index >= 15 is 0 Å². The molecule has 0 spiro atoms. The minimum atomic E-state index is -2.50. The second-order valence-electron chi connectivity index (χ2n) is 4.59. The first-order valence-electron chi connectivity index (χ1n) is 7.01. The van der Waals surface area contributed by atoms with Gasteiger partial charge in [-0.15, -0.1) is 0 Å². The van der Waals surface area contributed by atoms with Gasteiger partial charge in [0.1, 0.15) is 12.4 Å². The van der Waals surface area contributed by atoms with Crippen molar-refractivity contribution in [3.63, 3.8) is 0 Å². The minimum absolute atomic E-state index is 0.288. The van der Waals surface area contributed by atoms with Crippen LogP contribution in [0.3, 0.4) is 0 Å². The van der Waals surface area contributed by atoms with Gasteiger partial charge >= 0.3 is 6.03 Å². The number of rotatable bonds is 7. The van der Waals surface area contributed by atoms with Gasteiger partial charge in [-0.3, -0.25) is 0 Å². The molecule has 4 nitrogen and oxygen atoms in total. The maximum absolute atomic E-state index is 12.3. The smallest absolute Gasteiger partial charge is 0.319 e. The van der Waals surface area contributed by atoms with E-state index in [1.165, 1.54) is 6.07 Å². The van der Waals surface area contributed by atoms with Crippen molar-refractivity contribution in [1.29, 1.82) is 0 Å². The molecule has 0 atom stereocenters. The number of amides is 2. The second kappa shape index (κ2) is 9.34. The lowest BCUT2D eigenvalue weighted by molar-refractivity contribution is 0.247. The molecule has 0 aliphatic carbocycles. The first-order chi connectivity index (χ1) is 11.5. The van der Waals surface area contributed by atoms with Crippen molar-refractivity contribution >= 4 is 35.1 Å². The van der Waals surface area contributed by atoms with Gasteiger partial charge in [0, 0.05) is 15.6 Å². The van der Waals surface area contributed by atoms with Crippen LogP contribution in [0.4, 0.5) is 19.3 Å². The van der Waals surface area contributed by atoms with Crippen LogP contribution in [0.2, 0.25) is 5.02 Å².